The maximum absolute atomic E-state index is 3.71. The standard InChI is InChI=1S/C12H27N/c1-8-11(9(2)3)13-10(4)12(5,6)7/h9-11,13H,8H2,1-7H3. The summed E-state index contributed by atoms with van der Waals surface area (Å²) in [4.78, 5) is 0. The molecule has 2 unspecified atom stereocenters. The van der Waals surface area contributed by atoms with Crippen molar-refractivity contribution in [2.45, 2.75) is 67.0 Å². The summed E-state index contributed by atoms with van der Waals surface area (Å²) in [5.74, 6) is 0.731. The molecular weight excluding hydrogens is 158 g/mol. The lowest BCUT2D eigenvalue weighted by atomic mass is 9.86. The van der Waals surface area contributed by atoms with Crippen molar-refractivity contribution in [3.63, 3.8) is 0 Å². The van der Waals surface area contributed by atoms with Gasteiger partial charge in [0.05, 0.1) is 0 Å². The van der Waals surface area contributed by atoms with Crippen molar-refractivity contribution >= 4 is 0 Å². The number of hydrogen-bond acceptors (Lipinski definition) is 1. The third-order valence-corrected chi connectivity index (χ3v) is 3.01. The molecule has 0 aliphatic carbocycles. The van der Waals surface area contributed by atoms with Crippen LogP contribution in [-0.4, -0.2) is 12.1 Å². The highest BCUT2D eigenvalue weighted by Gasteiger charge is 2.23. The lowest BCUT2D eigenvalue weighted by molar-refractivity contribution is 0.236. The molecule has 0 aromatic carbocycles. The summed E-state index contributed by atoms with van der Waals surface area (Å²) in [6.45, 7) is 16.0. The fourth-order valence-corrected chi connectivity index (χ4v) is 1.35. The van der Waals surface area contributed by atoms with Gasteiger partial charge in [0.2, 0.25) is 0 Å². The highest BCUT2D eigenvalue weighted by atomic mass is 15.0. The van der Waals surface area contributed by atoms with Crippen LogP contribution in [0.3, 0.4) is 0 Å². The van der Waals surface area contributed by atoms with Gasteiger partial charge in [-0.1, -0.05) is 41.5 Å². The Labute approximate surface area is 84.3 Å². The van der Waals surface area contributed by atoms with Crippen LogP contribution in [0.2, 0.25) is 0 Å². The molecule has 0 saturated heterocycles. The van der Waals surface area contributed by atoms with Gasteiger partial charge in [-0.15, -0.1) is 0 Å². The summed E-state index contributed by atoms with van der Waals surface area (Å²) in [5, 5.41) is 3.71. The summed E-state index contributed by atoms with van der Waals surface area (Å²) in [5.41, 5.74) is 0.363. The summed E-state index contributed by atoms with van der Waals surface area (Å²) in [7, 11) is 0. The van der Waals surface area contributed by atoms with E-state index in [0.717, 1.165) is 5.92 Å². The lowest BCUT2D eigenvalue weighted by Crippen LogP contribution is -2.45. The van der Waals surface area contributed by atoms with Crippen LogP contribution in [-0.2, 0) is 0 Å². The third kappa shape index (κ3) is 4.66. The van der Waals surface area contributed by atoms with Gasteiger partial charge >= 0.3 is 0 Å². The van der Waals surface area contributed by atoms with E-state index in [9.17, 15) is 0 Å². The summed E-state index contributed by atoms with van der Waals surface area (Å²) in [6, 6.07) is 1.24. The molecule has 0 bridgehead atoms. The zero-order chi connectivity index (χ0) is 10.6. The molecule has 80 valence electrons. The van der Waals surface area contributed by atoms with Gasteiger partial charge in [-0.25, -0.2) is 0 Å². The second-order valence-corrected chi connectivity index (χ2v) is 5.51. The Morgan fingerprint density at radius 2 is 1.54 bits per heavy atom. The second-order valence-electron chi connectivity index (χ2n) is 5.51. The van der Waals surface area contributed by atoms with Crippen molar-refractivity contribution in [1.82, 2.24) is 5.32 Å². The number of hydrogen-bond donors (Lipinski definition) is 1. The molecule has 0 fully saturated rings. The molecule has 0 amide bonds. The van der Waals surface area contributed by atoms with Crippen LogP contribution in [0.1, 0.15) is 54.9 Å². The Balaban J connectivity index is 4.09. The first-order valence-corrected chi connectivity index (χ1v) is 5.55. The molecule has 0 aliphatic rings. The predicted molar refractivity (Wildman–Crippen MR) is 61.0 cm³/mol. The fraction of sp³-hybridized carbons (Fsp3) is 1.00. The molecule has 0 heterocycles. The van der Waals surface area contributed by atoms with E-state index in [2.05, 4.69) is 53.8 Å². The van der Waals surface area contributed by atoms with Gasteiger partial charge < -0.3 is 5.32 Å². The Bertz CT molecular complexity index is 133. The maximum Gasteiger partial charge on any atom is 0.00901 e. The average Bonchev–Trinajstić information content (AvgIpc) is 1.96. The zero-order valence-corrected chi connectivity index (χ0v) is 10.4. The smallest absolute Gasteiger partial charge is 0.00901 e. The van der Waals surface area contributed by atoms with Crippen molar-refractivity contribution in [1.29, 1.82) is 0 Å². The van der Waals surface area contributed by atoms with Crippen molar-refractivity contribution < 1.29 is 0 Å². The van der Waals surface area contributed by atoms with Gasteiger partial charge in [0.25, 0.3) is 0 Å². The zero-order valence-electron chi connectivity index (χ0n) is 10.4. The summed E-state index contributed by atoms with van der Waals surface area (Å²) < 4.78 is 0. The minimum absolute atomic E-state index is 0.363. The average molecular weight is 185 g/mol. The first kappa shape index (κ1) is 13.0. The van der Waals surface area contributed by atoms with Gasteiger partial charge in [0.15, 0.2) is 0 Å². The fourth-order valence-electron chi connectivity index (χ4n) is 1.35. The van der Waals surface area contributed by atoms with Crippen LogP contribution in [0.5, 0.6) is 0 Å². The SMILES string of the molecule is CCC(NC(C)C(C)(C)C)C(C)C. The summed E-state index contributed by atoms with van der Waals surface area (Å²) in [6.07, 6.45) is 1.22. The number of rotatable bonds is 4. The molecular formula is C12H27N. The monoisotopic (exact) mass is 185 g/mol. The van der Waals surface area contributed by atoms with Crippen LogP contribution in [0.15, 0.2) is 0 Å². The Kier molecular flexibility index (Phi) is 4.98. The van der Waals surface area contributed by atoms with Crippen LogP contribution < -0.4 is 5.32 Å². The second kappa shape index (κ2) is 4.99. The van der Waals surface area contributed by atoms with Crippen molar-refractivity contribution in [3.05, 3.63) is 0 Å². The molecule has 0 rings (SSSR count). The largest absolute Gasteiger partial charge is 0.311 e. The lowest BCUT2D eigenvalue weighted by Gasteiger charge is -2.33. The molecule has 1 nitrogen and oxygen atoms in total. The molecule has 1 heteroatoms. The molecule has 0 aromatic rings. The Morgan fingerprint density at radius 1 is 1.08 bits per heavy atom. The van der Waals surface area contributed by atoms with E-state index in [1.54, 1.807) is 0 Å². The van der Waals surface area contributed by atoms with Gasteiger partial charge in [0, 0.05) is 12.1 Å². The van der Waals surface area contributed by atoms with Crippen LogP contribution >= 0.6 is 0 Å². The van der Waals surface area contributed by atoms with Crippen molar-refractivity contribution in [3.8, 4) is 0 Å². The maximum atomic E-state index is 3.71. The molecule has 13 heavy (non-hydrogen) atoms. The van der Waals surface area contributed by atoms with Gasteiger partial charge in [-0.05, 0) is 24.7 Å². The van der Waals surface area contributed by atoms with Crippen LogP contribution in [0.4, 0.5) is 0 Å². The molecule has 0 aliphatic heterocycles. The third-order valence-electron chi connectivity index (χ3n) is 3.01. The van der Waals surface area contributed by atoms with E-state index in [4.69, 9.17) is 0 Å². The van der Waals surface area contributed by atoms with E-state index in [1.165, 1.54) is 6.42 Å². The molecule has 2 atom stereocenters. The molecule has 0 aromatic heterocycles. The van der Waals surface area contributed by atoms with E-state index >= 15 is 0 Å². The van der Waals surface area contributed by atoms with E-state index in [-0.39, 0.29) is 0 Å². The topological polar surface area (TPSA) is 12.0 Å². The summed E-state index contributed by atoms with van der Waals surface area (Å²) >= 11 is 0. The molecule has 0 spiro atoms. The normalized spacial score (nSPS) is 17.5. The van der Waals surface area contributed by atoms with E-state index < -0.39 is 0 Å². The first-order valence-electron chi connectivity index (χ1n) is 5.55. The van der Waals surface area contributed by atoms with Gasteiger partial charge in [-0.3, -0.25) is 0 Å². The van der Waals surface area contributed by atoms with Gasteiger partial charge in [-0.2, -0.15) is 0 Å². The minimum Gasteiger partial charge on any atom is -0.311 e. The van der Waals surface area contributed by atoms with E-state index in [1.807, 2.05) is 0 Å². The first-order chi connectivity index (χ1) is 5.79. The molecule has 0 radical (unpaired) electrons. The highest BCUT2D eigenvalue weighted by Crippen LogP contribution is 2.20. The highest BCUT2D eigenvalue weighted by molar-refractivity contribution is 4.80. The minimum atomic E-state index is 0.363. The quantitative estimate of drug-likeness (QED) is 0.707. The van der Waals surface area contributed by atoms with Crippen LogP contribution in [0, 0.1) is 11.3 Å². The van der Waals surface area contributed by atoms with Gasteiger partial charge in [0.1, 0.15) is 0 Å². The van der Waals surface area contributed by atoms with Crippen molar-refractivity contribution in [2.75, 3.05) is 0 Å². The van der Waals surface area contributed by atoms with Crippen molar-refractivity contribution in [2.24, 2.45) is 11.3 Å². The molecule has 0 saturated carbocycles. The van der Waals surface area contributed by atoms with Crippen LogP contribution in [0.25, 0.3) is 0 Å². The Hall–Kier alpha value is -0.0400. The predicted octanol–water partition coefficient (Wildman–Crippen LogP) is 3.45. The Morgan fingerprint density at radius 3 is 1.77 bits per heavy atom. The van der Waals surface area contributed by atoms with E-state index in [0.29, 0.717) is 17.5 Å². The molecule has 1 N–H and O–H groups in total. The number of nitrogens with one attached hydrogen (secondary N) is 1.